The van der Waals surface area contributed by atoms with Crippen molar-refractivity contribution >= 4 is 45.7 Å². The summed E-state index contributed by atoms with van der Waals surface area (Å²) in [6, 6.07) is 0.231. The maximum absolute atomic E-state index is 13.0. The van der Waals surface area contributed by atoms with Gasteiger partial charge < -0.3 is 15.1 Å². The second kappa shape index (κ2) is 9.99. The lowest BCUT2D eigenvalue weighted by molar-refractivity contribution is 0.364. The Bertz CT molecular complexity index is 766. The van der Waals surface area contributed by atoms with Crippen molar-refractivity contribution in [3.8, 4) is 0 Å². The Morgan fingerprint density at radius 3 is 2.46 bits per heavy atom. The number of piperazine rings is 1. The van der Waals surface area contributed by atoms with Gasteiger partial charge in [-0.15, -0.1) is 24.0 Å². The molecular formula is C17H28FIN6O2S. The molecule has 1 atom stereocenters. The van der Waals surface area contributed by atoms with Crippen molar-refractivity contribution in [1.82, 2.24) is 20.2 Å². The molecule has 3 heterocycles. The summed E-state index contributed by atoms with van der Waals surface area (Å²) in [5.41, 5.74) is 0. The Hall–Kier alpha value is -1.24. The molecule has 0 radical (unpaired) electrons. The second-order valence-electron chi connectivity index (χ2n) is 7.41. The Morgan fingerprint density at radius 2 is 1.93 bits per heavy atom. The van der Waals surface area contributed by atoms with Crippen LogP contribution in [0.4, 0.5) is 10.3 Å². The topological polar surface area (TPSA) is 90.8 Å². The lowest BCUT2D eigenvalue weighted by atomic mass is 10.1. The first-order valence-electron chi connectivity index (χ1n) is 9.31. The van der Waals surface area contributed by atoms with Crippen LogP contribution in [-0.4, -0.2) is 79.5 Å². The summed E-state index contributed by atoms with van der Waals surface area (Å²) in [5.74, 6) is 1.52. The number of anilines is 1. The van der Waals surface area contributed by atoms with Crippen LogP contribution in [0.25, 0.3) is 0 Å². The highest BCUT2D eigenvalue weighted by atomic mass is 127. The van der Waals surface area contributed by atoms with Crippen LogP contribution in [0.1, 0.15) is 20.3 Å². The minimum absolute atomic E-state index is 0. The van der Waals surface area contributed by atoms with Crippen LogP contribution in [0.2, 0.25) is 0 Å². The standard InChI is InChI=1S/C17H27FN6O2S.HI/c1-13(2)22-17(19-9-14-3-8-27(25,26)12-14)24-6-4-23(5-7-24)16-20-10-15(18)11-21-16;/h10-11,13-14H,3-9,12H2,1-2H3,(H,19,22);1H. The number of aliphatic imine (C=N–C) groups is 1. The van der Waals surface area contributed by atoms with Gasteiger partial charge in [-0.2, -0.15) is 0 Å². The molecule has 2 fully saturated rings. The van der Waals surface area contributed by atoms with Crippen molar-refractivity contribution in [2.24, 2.45) is 10.9 Å². The summed E-state index contributed by atoms with van der Waals surface area (Å²) in [4.78, 5) is 17.0. The molecule has 158 valence electrons. The van der Waals surface area contributed by atoms with Crippen LogP contribution in [0.15, 0.2) is 17.4 Å². The highest BCUT2D eigenvalue weighted by Crippen LogP contribution is 2.19. The third-order valence-electron chi connectivity index (χ3n) is 4.71. The lowest BCUT2D eigenvalue weighted by Gasteiger charge is -2.37. The van der Waals surface area contributed by atoms with Gasteiger partial charge in [0.2, 0.25) is 5.95 Å². The Labute approximate surface area is 183 Å². The number of hydrogen-bond donors (Lipinski definition) is 1. The molecule has 0 aromatic carbocycles. The van der Waals surface area contributed by atoms with Crippen molar-refractivity contribution in [3.63, 3.8) is 0 Å². The van der Waals surface area contributed by atoms with E-state index in [2.05, 4.69) is 34.0 Å². The van der Waals surface area contributed by atoms with Crippen LogP contribution in [0.5, 0.6) is 0 Å². The van der Waals surface area contributed by atoms with E-state index in [0.29, 0.717) is 32.0 Å². The minimum atomic E-state index is -2.88. The van der Waals surface area contributed by atoms with E-state index in [1.54, 1.807) is 0 Å². The number of halogens is 2. The molecule has 1 aromatic rings. The molecule has 2 aliphatic heterocycles. The molecule has 11 heteroatoms. The van der Waals surface area contributed by atoms with Crippen LogP contribution in [0.3, 0.4) is 0 Å². The number of aromatic nitrogens is 2. The zero-order valence-corrected chi connectivity index (χ0v) is 19.4. The molecule has 8 nitrogen and oxygen atoms in total. The largest absolute Gasteiger partial charge is 0.354 e. The van der Waals surface area contributed by atoms with Gasteiger partial charge in [0.05, 0.1) is 23.9 Å². The molecule has 0 spiro atoms. The number of hydrogen-bond acceptors (Lipinski definition) is 6. The fourth-order valence-corrected chi connectivity index (χ4v) is 5.16. The van der Waals surface area contributed by atoms with Crippen molar-refractivity contribution in [1.29, 1.82) is 0 Å². The number of rotatable bonds is 4. The zero-order valence-electron chi connectivity index (χ0n) is 16.2. The van der Waals surface area contributed by atoms with Crippen molar-refractivity contribution < 1.29 is 12.8 Å². The maximum Gasteiger partial charge on any atom is 0.225 e. The van der Waals surface area contributed by atoms with Crippen molar-refractivity contribution in [2.45, 2.75) is 26.3 Å². The van der Waals surface area contributed by atoms with Crippen LogP contribution in [0, 0.1) is 11.7 Å². The maximum atomic E-state index is 13.0. The molecule has 2 aliphatic rings. The normalized spacial score (nSPS) is 22.3. The summed E-state index contributed by atoms with van der Waals surface area (Å²) < 4.78 is 36.3. The van der Waals surface area contributed by atoms with Crippen LogP contribution < -0.4 is 10.2 Å². The summed E-state index contributed by atoms with van der Waals surface area (Å²) in [7, 11) is -2.88. The molecule has 0 bridgehead atoms. The van der Waals surface area contributed by atoms with Gasteiger partial charge in [0, 0.05) is 38.8 Å². The molecule has 3 rings (SSSR count). The summed E-state index contributed by atoms with van der Waals surface area (Å²) in [6.45, 7) is 7.53. The molecular weight excluding hydrogens is 498 g/mol. The van der Waals surface area contributed by atoms with Crippen molar-refractivity contribution in [2.75, 3.05) is 49.1 Å². The summed E-state index contributed by atoms with van der Waals surface area (Å²) in [6.07, 6.45) is 3.05. The molecule has 0 amide bonds. The Kier molecular flexibility index (Phi) is 8.22. The molecule has 1 aromatic heterocycles. The first-order chi connectivity index (χ1) is 12.8. The number of guanidine groups is 1. The average Bonchev–Trinajstić information content (AvgIpc) is 2.98. The molecule has 1 N–H and O–H groups in total. The Morgan fingerprint density at radius 1 is 1.29 bits per heavy atom. The quantitative estimate of drug-likeness (QED) is 0.358. The highest BCUT2D eigenvalue weighted by Gasteiger charge is 2.28. The predicted octanol–water partition coefficient (Wildman–Crippen LogP) is 1.14. The van der Waals surface area contributed by atoms with Gasteiger partial charge in [0.15, 0.2) is 21.6 Å². The smallest absolute Gasteiger partial charge is 0.225 e. The monoisotopic (exact) mass is 526 g/mol. The molecule has 0 aliphatic carbocycles. The van der Waals surface area contributed by atoms with Gasteiger partial charge in [0.1, 0.15) is 0 Å². The third kappa shape index (κ3) is 6.39. The van der Waals surface area contributed by atoms with E-state index < -0.39 is 15.7 Å². The zero-order chi connectivity index (χ0) is 19.4. The first kappa shape index (κ1) is 23.0. The molecule has 28 heavy (non-hydrogen) atoms. The van der Waals surface area contributed by atoms with Crippen LogP contribution in [-0.2, 0) is 9.84 Å². The van der Waals surface area contributed by atoms with Gasteiger partial charge in [-0.3, -0.25) is 4.99 Å². The van der Waals surface area contributed by atoms with E-state index in [9.17, 15) is 12.8 Å². The van der Waals surface area contributed by atoms with Gasteiger partial charge in [0.25, 0.3) is 0 Å². The summed E-state index contributed by atoms with van der Waals surface area (Å²) in [5, 5.41) is 3.38. The van der Waals surface area contributed by atoms with E-state index in [1.165, 1.54) is 12.4 Å². The van der Waals surface area contributed by atoms with E-state index in [-0.39, 0.29) is 47.4 Å². The van der Waals surface area contributed by atoms with Crippen molar-refractivity contribution in [3.05, 3.63) is 18.2 Å². The lowest BCUT2D eigenvalue weighted by Crippen LogP contribution is -2.54. The summed E-state index contributed by atoms with van der Waals surface area (Å²) >= 11 is 0. The second-order valence-corrected chi connectivity index (χ2v) is 9.64. The predicted molar refractivity (Wildman–Crippen MR) is 119 cm³/mol. The van der Waals surface area contributed by atoms with E-state index >= 15 is 0 Å². The fourth-order valence-electron chi connectivity index (χ4n) is 3.31. The van der Waals surface area contributed by atoms with Gasteiger partial charge in [-0.1, -0.05) is 0 Å². The fraction of sp³-hybridized carbons (Fsp3) is 0.706. The molecule has 1 unspecified atom stereocenters. The first-order valence-corrected chi connectivity index (χ1v) is 11.1. The van der Waals surface area contributed by atoms with E-state index in [0.717, 1.165) is 19.0 Å². The minimum Gasteiger partial charge on any atom is -0.354 e. The number of nitrogens with zero attached hydrogens (tertiary/aromatic N) is 5. The number of nitrogens with one attached hydrogen (secondary N) is 1. The highest BCUT2D eigenvalue weighted by molar-refractivity contribution is 14.0. The Balaban J connectivity index is 0.00000280. The third-order valence-corrected chi connectivity index (χ3v) is 6.55. The number of sulfone groups is 1. The van der Waals surface area contributed by atoms with Crippen LogP contribution >= 0.6 is 24.0 Å². The van der Waals surface area contributed by atoms with Gasteiger partial charge in [-0.25, -0.2) is 22.8 Å². The van der Waals surface area contributed by atoms with Gasteiger partial charge in [-0.05, 0) is 26.2 Å². The average molecular weight is 526 g/mol. The molecule has 0 saturated carbocycles. The van der Waals surface area contributed by atoms with E-state index in [1.807, 2.05) is 4.90 Å². The SMILES string of the molecule is CC(C)NC(=NCC1CCS(=O)(=O)C1)N1CCN(c2ncc(F)cn2)CC1.I. The molecule has 2 saturated heterocycles. The van der Waals surface area contributed by atoms with Gasteiger partial charge >= 0.3 is 0 Å². The van der Waals surface area contributed by atoms with E-state index in [4.69, 9.17) is 4.99 Å².